The lowest BCUT2D eigenvalue weighted by Gasteiger charge is -2.32. The third-order valence-corrected chi connectivity index (χ3v) is 5.16. The average molecular weight is 385 g/mol. The summed E-state index contributed by atoms with van der Waals surface area (Å²) in [7, 11) is 0. The average Bonchev–Trinajstić information content (AvgIpc) is 3.40. The fraction of sp³-hybridized carbons (Fsp3) is 0.450. The van der Waals surface area contributed by atoms with E-state index in [1.807, 2.05) is 6.92 Å². The van der Waals surface area contributed by atoms with E-state index >= 15 is 0 Å². The quantitative estimate of drug-likeness (QED) is 0.848. The number of ether oxygens (including phenoxy) is 2. The number of carbonyl (C=O) groups excluding carboxylic acids is 2. The number of hydrogen-bond acceptors (Lipinski definition) is 6. The summed E-state index contributed by atoms with van der Waals surface area (Å²) in [5.41, 5.74) is 0.927. The summed E-state index contributed by atoms with van der Waals surface area (Å²) in [6, 6.07) is 5.14. The summed E-state index contributed by atoms with van der Waals surface area (Å²) < 4.78 is 15.9. The lowest BCUT2D eigenvalue weighted by atomic mass is 9.97. The number of aromatic nitrogens is 1. The van der Waals surface area contributed by atoms with Crippen molar-refractivity contribution in [2.24, 2.45) is 5.92 Å². The van der Waals surface area contributed by atoms with Gasteiger partial charge < -0.3 is 24.1 Å². The molecule has 1 fully saturated rings. The van der Waals surface area contributed by atoms with E-state index in [2.05, 4.69) is 10.3 Å². The second-order valence-corrected chi connectivity index (χ2v) is 7.02. The van der Waals surface area contributed by atoms with Crippen LogP contribution in [-0.2, 0) is 6.42 Å². The first kappa shape index (κ1) is 18.3. The van der Waals surface area contributed by atoms with E-state index < -0.39 is 0 Å². The molecule has 0 bridgehead atoms. The Hall–Kier alpha value is -3.03. The number of aryl methyl sites for hydroxylation is 1. The fourth-order valence-corrected chi connectivity index (χ4v) is 3.64. The van der Waals surface area contributed by atoms with Crippen molar-refractivity contribution < 1.29 is 23.5 Å². The molecule has 8 heteroatoms. The smallest absolute Gasteiger partial charge is 0.276 e. The van der Waals surface area contributed by atoms with E-state index in [-0.39, 0.29) is 24.5 Å². The van der Waals surface area contributed by atoms with E-state index in [4.69, 9.17) is 13.9 Å². The number of amides is 2. The molecule has 2 aliphatic heterocycles. The van der Waals surface area contributed by atoms with Crippen molar-refractivity contribution in [1.82, 2.24) is 15.2 Å². The maximum atomic E-state index is 12.7. The zero-order chi connectivity index (χ0) is 19.5. The molecule has 1 atom stereocenters. The largest absolute Gasteiger partial charge is 0.454 e. The summed E-state index contributed by atoms with van der Waals surface area (Å²) >= 11 is 0. The Morgan fingerprint density at radius 3 is 3.00 bits per heavy atom. The number of fused-ring (bicyclic) bond motifs is 1. The number of nitrogens with zero attached hydrogens (tertiary/aromatic N) is 2. The number of likely N-dealkylation sites (tertiary alicyclic amines) is 1. The van der Waals surface area contributed by atoms with Crippen LogP contribution in [0.4, 0.5) is 0 Å². The van der Waals surface area contributed by atoms with Crippen LogP contribution in [-0.4, -0.2) is 48.1 Å². The highest BCUT2D eigenvalue weighted by molar-refractivity contribution is 5.95. The van der Waals surface area contributed by atoms with Crippen LogP contribution in [0.2, 0.25) is 0 Å². The number of benzene rings is 1. The first-order valence-corrected chi connectivity index (χ1v) is 9.55. The molecular weight excluding hydrogens is 362 g/mol. The number of carbonyl (C=O) groups is 2. The molecule has 2 aromatic rings. The third-order valence-electron chi connectivity index (χ3n) is 5.16. The van der Waals surface area contributed by atoms with Gasteiger partial charge in [0.15, 0.2) is 23.6 Å². The van der Waals surface area contributed by atoms with Gasteiger partial charge in [-0.05, 0) is 37.0 Å². The molecule has 4 rings (SSSR count). The van der Waals surface area contributed by atoms with Crippen molar-refractivity contribution in [3.05, 3.63) is 41.6 Å². The zero-order valence-corrected chi connectivity index (χ0v) is 15.8. The van der Waals surface area contributed by atoms with Gasteiger partial charge in [-0.25, -0.2) is 4.98 Å². The minimum absolute atomic E-state index is 0.0996. The molecule has 2 amide bonds. The normalized spacial score (nSPS) is 18.2. The Morgan fingerprint density at radius 2 is 2.14 bits per heavy atom. The molecule has 0 radical (unpaired) electrons. The van der Waals surface area contributed by atoms with Crippen LogP contribution < -0.4 is 14.8 Å². The molecule has 1 aromatic heterocycles. The summed E-state index contributed by atoms with van der Waals surface area (Å²) in [5, 5.41) is 2.97. The molecule has 148 valence electrons. The highest BCUT2D eigenvalue weighted by atomic mass is 16.7. The number of oxazole rings is 1. The molecule has 28 heavy (non-hydrogen) atoms. The predicted molar refractivity (Wildman–Crippen MR) is 99.4 cm³/mol. The summed E-state index contributed by atoms with van der Waals surface area (Å²) in [6.45, 7) is 3.91. The molecule has 1 aromatic carbocycles. The van der Waals surface area contributed by atoms with Crippen molar-refractivity contribution >= 4 is 11.8 Å². The molecule has 3 heterocycles. The Bertz CT molecular complexity index is 878. The van der Waals surface area contributed by atoms with Crippen LogP contribution in [0.25, 0.3) is 0 Å². The molecule has 0 spiro atoms. The molecule has 0 saturated carbocycles. The number of hydrogen-bond donors (Lipinski definition) is 1. The molecule has 8 nitrogen and oxygen atoms in total. The van der Waals surface area contributed by atoms with Crippen LogP contribution in [0.1, 0.15) is 46.4 Å². The topological polar surface area (TPSA) is 93.9 Å². The first-order valence-electron chi connectivity index (χ1n) is 9.55. The maximum Gasteiger partial charge on any atom is 0.276 e. The van der Waals surface area contributed by atoms with Crippen molar-refractivity contribution in [2.75, 3.05) is 26.4 Å². The minimum Gasteiger partial charge on any atom is -0.454 e. The third kappa shape index (κ3) is 3.67. The van der Waals surface area contributed by atoms with Gasteiger partial charge in [-0.2, -0.15) is 0 Å². The van der Waals surface area contributed by atoms with Crippen molar-refractivity contribution in [1.29, 1.82) is 0 Å². The molecular formula is C20H23N3O5. The predicted octanol–water partition coefficient (Wildman–Crippen LogP) is 2.25. The van der Waals surface area contributed by atoms with Gasteiger partial charge in [0.05, 0.1) is 0 Å². The minimum atomic E-state index is -0.161. The van der Waals surface area contributed by atoms with Gasteiger partial charge in [-0.3, -0.25) is 9.59 Å². The van der Waals surface area contributed by atoms with Crippen LogP contribution in [0.15, 0.2) is 29.0 Å². The first-order chi connectivity index (χ1) is 13.7. The fourth-order valence-electron chi connectivity index (χ4n) is 3.64. The molecule has 1 unspecified atom stereocenters. The maximum absolute atomic E-state index is 12.7. The Morgan fingerprint density at radius 1 is 1.29 bits per heavy atom. The van der Waals surface area contributed by atoms with E-state index in [0.29, 0.717) is 54.6 Å². The van der Waals surface area contributed by atoms with Gasteiger partial charge in [0.1, 0.15) is 5.76 Å². The Balaban J connectivity index is 1.34. The van der Waals surface area contributed by atoms with E-state index in [1.165, 1.54) is 6.39 Å². The molecule has 1 N–H and O–H groups in total. The van der Waals surface area contributed by atoms with Gasteiger partial charge in [-0.1, -0.05) is 6.92 Å². The van der Waals surface area contributed by atoms with Gasteiger partial charge in [0.2, 0.25) is 6.79 Å². The molecule has 1 saturated heterocycles. The highest BCUT2D eigenvalue weighted by Crippen LogP contribution is 2.32. The Kier molecular flexibility index (Phi) is 5.18. The van der Waals surface area contributed by atoms with Crippen LogP contribution >= 0.6 is 0 Å². The highest BCUT2D eigenvalue weighted by Gasteiger charge is 2.28. The lowest BCUT2D eigenvalue weighted by Crippen LogP contribution is -2.44. The van der Waals surface area contributed by atoms with Crippen LogP contribution in [0.3, 0.4) is 0 Å². The molecule has 2 aliphatic rings. The summed E-state index contributed by atoms with van der Waals surface area (Å²) in [6.07, 6.45) is 3.81. The van der Waals surface area contributed by atoms with Gasteiger partial charge >= 0.3 is 0 Å². The van der Waals surface area contributed by atoms with E-state index in [0.717, 1.165) is 12.8 Å². The summed E-state index contributed by atoms with van der Waals surface area (Å²) in [4.78, 5) is 31.1. The standard InChI is InChI=1S/C20H23N3O5/c1-2-15-18(22-11-26-15)20(25)23-7-3-4-13(10-23)9-21-19(24)14-5-6-16-17(8-14)28-12-27-16/h5-6,8,11,13H,2-4,7,9-10,12H2,1H3,(H,21,24). The van der Waals surface area contributed by atoms with Gasteiger partial charge in [-0.15, -0.1) is 0 Å². The number of nitrogens with one attached hydrogen (secondary N) is 1. The van der Waals surface area contributed by atoms with Gasteiger partial charge in [0.25, 0.3) is 11.8 Å². The Labute approximate surface area is 162 Å². The van der Waals surface area contributed by atoms with E-state index in [1.54, 1.807) is 23.1 Å². The van der Waals surface area contributed by atoms with Crippen molar-refractivity contribution in [3.8, 4) is 11.5 Å². The second kappa shape index (κ2) is 7.92. The summed E-state index contributed by atoms with van der Waals surface area (Å²) in [5.74, 6) is 1.79. The van der Waals surface area contributed by atoms with E-state index in [9.17, 15) is 9.59 Å². The van der Waals surface area contributed by atoms with Crippen molar-refractivity contribution in [2.45, 2.75) is 26.2 Å². The van der Waals surface area contributed by atoms with Crippen LogP contribution in [0, 0.1) is 5.92 Å². The zero-order valence-electron chi connectivity index (χ0n) is 15.8. The van der Waals surface area contributed by atoms with Crippen molar-refractivity contribution in [3.63, 3.8) is 0 Å². The lowest BCUT2D eigenvalue weighted by molar-refractivity contribution is 0.0663. The number of rotatable bonds is 5. The van der Waals surface area contributed by atoms with Gasteiger partial charge in [0, 0.05) is 31.6 Å². The number of piperidine rings is 1. The molecule has 0 aliphatic carbocycles. The second-order valence-electron chi connectivity index (χ2n) is 7.02. The SMILES string of the molecule is CCc1ocnc1C(=O)N1CCCC(CNC(=O)c2ccc3c(c2)OCO3)C1. The van der Waals surface area contributed by atoms with Crippen LogP contribution in [0.5, 0.6) is 11.5 Å². The monoisotopic (exact) mass is 385 g/mol.